The molecule has 13 heavy (non-hydrogen) atoms. The maximum Gasteiger partial charge on any atom is 0.240 e. The van der Waals surface area contributed by atoms with Crippen molar-refractivity contribution in [3.05, 3.63) is 0 Å². The number of rotatable bonds is 0. The van der Waals surface area contributed by atoms with Gasteiger partial charge in [0.15, 0.2) is 0 Å². The van der Waals surface area contributed by atoms with E-state index in [9.17, 15) is 4.79 Å². The van der Waals surface area contributed by atoms with E-state index in [2.05, 4.69) is 10.9 Å². The van der Waals surface area contributed by atoms with Crippen LogP contribution in [0.3, 0.4) is 0 Å². The molecule has 1 aliphatic heterocycles. The lowest BCUT2D eigenvalue weighted by molar-refractivity contribution is -0.137. The third-order valence-corrected chi connectivity index (χ3v) is 3.22. The molecule has 1 saturated carbocycles. The van der Waals surface area contributed by atoms with Crippen molar-refractivity contribution < 1.29 is 4.79 Å². The van der Waals surface area contributed by atoms with Crippen molar-refractivity contribution in [1.82, 2.24) is 10.9 Å². The van der Waals surface area contributed by atoms with Crippen LogP contribution in [0, 0.1) is 5.41 Å². The van der Waals surface area contributed by atoms with E-state index in [4.69, 9.17) is 0 Å². The number of carbonyl (C=O) groups excluding carboxylic acids is 1. The topological polar surface area (TPSA) is 41.1 Å². The molecule has 2 aliphatic rings. The molecule has 1 aliphatic carbocycles. The van der Waals surface area contributed by atoms with Crippen molar-refractivity contribution in [2.45, 2.75) is 38.5 Å². The van der Waals surface area contributed by atoms with Gasteiger partial charge < -0.3 is 0 Å². The summed E-state index contributed by atoms with van der Waals surface area (Å²) >= 11 is 0. The Morgan fingerprint density at radius 1 is 1.08 bits per heavy atom. The van der Waals surface area contributed by atoms with Gasteiger partial charge in [0.1, 0.15) is 0 Å². The number of nitrogens with one attached hydrogen (secondary N) is 2. The van der Waals surface area contributed by atoms with Crippen LogP contribution in [-0.2, 0) is 4.79 Å². The summed E-state index contributed by atoms with van der Waals surface area (Å²) in [5.41, 5.74) is 5.66. The minimum atomic E-state index is 0. The first-order valence-corrected chi connectivity index (χ1v) is 4.87. The van der Waals surface area contributed by atoms with Crippen molar-refractivity contribution in [2.24, 2.45) is 5.41 Å². The van der Waals surface area contributed by atoms with Gasteiger partial charge in [0.05, 0.1) is 5.41 Å². The average Bonchev–Trinajstić information content (AvgIpc) is 2.12. The molecule has 1 saturated heterocycles. The van der Waals surface area contributed by atoms with Crippen molar-refractivity contribution in [3.63, 3.8) is 0 Å². The standard InChI is InChI=1S/C9H16N2O.ClH/c12-8-9(6-7-10-11-8)4-2-1-3-5-9;/h10H,1-7H2,(H,11,12);1H. The fourth-order valence-electron chi connectivity index (χ4n) is 2.40. The van der Waals surface area contributed by atoms with E-state index in [0.717, 1.165) is 25.8 Å². The third-order valence-electron chi connectivity index (χ3n) is 3.22. The number of hydrazine groups is 1. The van der Waals surface area contributed by atoms with Gasteiger partial charge in [0, 0.05) is 6.54 Å². The molecule has 2 N–H and O–H groups in total. The fraction of sp³-hybridized carbons (Fsp3) is 0.889. The maximum absolute atomic E-state index is 11.6. The molecule has 0 aromatic heterocycles. The summed E-state index contributed by atoms with van der Waals surface area (Å²) in [4.78, 5) is 11.6. The predicted molar refractivity (Wildman–Crippen MR) is 53.5 cm³/mol. The second-order valence-electron chi connectivity index (χ2n) is 3.97. The van der Waals surface area contributed by atoms with Gasteiger partial charge in [-0.15, -0.1) is 12.4 Å². The highest BCUT2D eigenvalue weighted by molar-refractivity contribution is 5.85. The van der Waals surface area contributed by atoms with Gasteiger partial charge in [-0.3, -0.25) is 10.2 Å². The predicted octanol–water partition coefficient (Wildman–Crippen LogP) is 1.38. The van der Waals surface area contributed by atoms with E-state index < -0.39 is 0 Å². The van der Waals surface area contributed by atoms with Crippen LogP contribution in [0.1, 0.15) is 38.5 Å². The molecule has 0 unspecified atom stereocenters. The fourth-order valence-corrected chi connectivity index (χ4v) is 2.40. The third kappa shape index (κ3) is 1.97. The second-order valence-corrected chi connectivity index (χ2v) is 3.97. The average molecular weight is 205 g/mol. The summed E-state index contributed by atoms with van der Waals surface area (Å²) in [6, 6.07) is 0. The molecule has 76 valence electrons. The minimum Gasteiger partial charge on any atom is -0.291 e. The normalized spacial score (nSPS) is 26.3. The van der Waals surface area contributed by atoms with Gasteiger partial charge in [0.2, 0.25) is 5.91 Å². The molecule has 2 fully saturated rings. The van der Waals surface area contributed by atoms with Crippen LogP contribution in [0.5, 0.6) is 0 Å². The Kier molecular flexibility index (Phi) is 3.56. The summed E-state index contributed by atoms with van der Waals surface area (Å²) in [6.45, 7) is 0.936. The number of hydrogen-bond donors (Lipinski definition) is 2. The van der Waals surface area contributed by atoms with Crippen molar-refractivity contribution in [1.29, 1.82) is 0 Å². The Morgan fingerprint density at radius 2 is 1.77 bits per heavy atom. The van der Waals surface area contributed by atoms with E-state index >= 15 is 0 Å². The van der Waals surface area contributed by atoms with Gasteiger partial charge >= 0.3 is 0 Å². The largest absolute Gasteiger partial charge is 0.291 e. The first-order chi connectivity index (χ1) is 5.83. The van der Waals surface area contributed by atoms with E-state index in [1.54, 1.807) is 0 Å². The molecule has 0 atom stereocenters. The van der Waals surface area contributed by atoms with Crippen LogP contribution in [0.15, 0.2) is 0 Å². The van der Waals surface area contributed by atoms with Gasteiger partial charge in [-0.25, -0.2) is 5.43 Å². The zero-order chi connectivity index (χ0) is 8.44. The van der Waals surface area contributed by atoms with E-state index in [1.807, 2.05) is 0 Å². The molecular formula is C9H17ClN2O. The summed E-state index contributed by atoms with van der Waals surface area (Å²) in [5, 5.41) is 0. The molecule has 2 rings (SSSR count). The molecule has 0 aromatic rings. The molecule has 1 amide bonds. The first kappa shape index (κ1) is 10.8. The molecule has 0 aromatic carbocycles. The van der Waals surface area contributed by atoms with Crippen molar-refractivity contribution >= 4 is 18.3 Å². The molecule has 0 bridgehead atoms. The van der Waals surface area contributed by atoms with Crippen molar-refractivity contribution in [2.75, 3.05) is 6.54 Å². The monoisotopic (exact) mass is 204 g/mol. The molecule has 1 heterocycles. The maximum atomic E-state index is 11.6. The Hall–Kier alpha value is -0.280. The zero-order valence-corrected chi connectivity index (χ0v) is 8.58. The highest BCUT2D eigenvalue weighted by atomic mass is 35.5. The van der Waals surface area contributed by atoms with Gasteiger partial charge in [-0.1, -0.05) is 19.3 Å². The van der Waals surface area contributed by atoms with Crippen LogP contribution >= 0.6 is 12.4 Å². The highest BCUT2D eigenvalue weighted by Gasteiger charge is 2.40. The summed E-state index contributed by atoms with van der Waals surface area (Å²) < 4.78 is 0. The van der Waals surface area contributed by atoms with E-state index in [-0.39, 0.29) is 23.7 Å². The lowest BCUT2D eigenvalue weighted by Crippen LogP contribution is -2.54. The lowest BCUT2D eigenvalue weighted by atomic mass is 9.70. The molecule has 4 heteroatoms. The molecule has 0 radical (unpaired) electrons. The Labute approximate surface area is 85.0 Å². The van der Waals surface area contributed by atoms with Crippen LogP contribution in [-0.4, -0.2) is 12.5 Å². The van der Waals surface area contributed by atoms with E-state index in [0.29, 0.717) is 0 Å². The summed E-state index contributed by atoms with van der Waals surface area (Å²) in [6.07, 6.45) is 6.99. The summed E-state index contributed by atoms with van der Waals surface area (Å²) in [7, 11) is 0. The quantitative estimate of drug-likeness (QED) is 0.626. The van der Waals surface area contributed by atoms with E-state index in [1.165, 1.54) is 19.3 Å². The number of halogens is 1. The second kappa shape index (κ2) is 4.29. The Balaban J connectivity index is 0.000000845. The van der Waals surface area contributed by atoms with Gasteiger partial charge in [0.25, 0.3) is 0 Å². The SMILES string of the molecule is Cl.O=C1NNCCC12CCCCC2. The van der Waals surface area contributed by atoms with Crippen LogP contribution in [0.25, 0.3) is 0 Å². The van der Waals surface area contributed by atoms with Crippen molar-refractivity contribution in [3.8, 4) is 0 Å². The first-order valence-electron chi connectivity index (χ1n) is 4.87. The smallest absolute Gasteiger partial charge is 0.240 e. The molecule has 1 spiro atoms. The molecule has 3 nitrogen and oxygen atoms in total. The van der Waals surface area contributed by atoms with Crippen LogP contribution in [0.4, 0.5) is 0 Å². The molecular weight excluding hydrogens is 188 g/mol. The van der Waals surface area contributed by atoms with Crippen LogP contribution < -0.4 is 10.9 Å². The van der Waals surface area contributed by atoms with Gasteiger partial charge in [-0.2, -0.15) is 0 Å². The minimum absolute atomic E-state index is 0. The van der Waals surface area contributed by atoms with Gasteiger partial charge in [-0.05, 0) is 19.3 Å². The highest BCUT2D eigenvalue weighted by Crippen LogP contribution is 2.39. The number of carbonyl (C=O) groups is 1. The zero-order valence-electron chi connectivity index (χ0n) is 7.77. The Morgan fingerprint density at radius 3 is 2.38 bits per heavy atom. The number of amides is 1. The lowest BCUT2D eigenvalue weighted by Gasteiger charge is -2.39. The number of hydrogen-bond acceptors (Lipinski definition) is 2. The van der Waals surface area contributed by atoms with Crippen LogP contribution in [0.2, 0.25) is 0 Å². The Bertz CT molecular complexity index is 182. The summed E-state index contributed by atoms with van der Waals surface area (Å²) in [5.74, 6) is 0.230.